The van der Waals surface area contributed by atoms with Gasteiger partial charge in [0.1, 0.15) is 0 Å². The van der Waals surface area contributed by atoms with Crippen molar-refractivity contribution in [3.8, 4) is 0 Å². The summed E-state index contributed by atoms with van der Waals surface area (Å²) >= 11 is 0. The smallest absolute Gasteiger partial charge is 0.241 e. The van der Waals surface area contributed by atoms with E-state index < -0.39 is 15.6 Å². The van der Waals surface area contributed by atoms with Crippen LogP contribution in [0.15, 0.2) is 23.1 Å². The van der Waals surface area contributed by atoms with Crippen LogP contribution in [0.1, 0.15) is 26.3 Å². The van der Waals surface area contributed by atoms with E-state index in [0.717, 1.165) is 0 Å². The lowest BCUT2D eigenvalue weighted by atomic mass is 10.1. The highest BCUT2D eigenvalue weighted by atomic mass is 32.2. The first-order valence-electron chi connectivity index (χ1n) is 5.27. The molecule has 1 aromatic rings. The van der Waals surface area contributed by atoms with Gasteiger partial charge in [-0.2, -0.15) is 0 Å². The van der Waals surface area contributed by atoms with E-state index in [1.165, 1.54) is 0 Å². The van der Waals surface area contributed by atoms with Gasteiger partial charge in [0.15, 0.2) is 0 Å². The van der Waals surface area contributed by atoms with Crippen molar-refractivity contribution in [3.05, 3.63) is 30.8 Å². The van der Waals surface area contributed by atoms with E-state index in [9.17, 15) is 8.42 Å². The zero-order chi connectivity index (χ0) is 13.3. The molecule has 0 amide bonds. The molecule has 4 nitrogen and oxygen atoms in total. The molecule has 0 aliphatic heterocycles. The van der Waals surface area contributed by atoms with Crippen molar-refractivity contribution >= 4 is 15.7 Å². The van der Waals surface area contributed by atoms with Gasteiger partial charge in [-0.15, -0.1) is 0 Å². The molecular formula is C12H18N2O2S. The number of hydrogen-bond donors (Lipinski definition) is 2. The molecule has 5 heteroatoms. The minimum absolute atomic E-state index is 0.239. The predicted octanol–water partition coefficient (Wildman–Crippen LogP) is 2.15. The van der Waals surface area contributed by atoms with Crippen molar-refractivity contribution in [2.75, 3.05) is 5.32 Å². The third-order valence-electron chi connectivity index (χ3n) is 2.17. The quantitative estimate of drug-likeness (QED) is 0.813. The van der Waals surface area contributed by atoms with Crippen molar-refractivity contribution in [3.63, 3.8) is 0 Å². The van der Waals surface area contributed by atoms with E-state index in [1.807, 2.05) is 0 Å². The maximum Gasteiger partial charge on any atom is 0.241 e. The summed E-state index contributed by atoms with van der Waals surface area (Å²) in [5.41, 5.74) is 0.686. The van der Waals surface area contributed by atoms with E-state index >= 15 is 0 Å². The molecule has 2 radical (unpaired) electrons. The lowest BCUT2D eigenvalue weighted by Gasteiger charge is -2.21. The number of benzene rings is 1. The average molecular weight is 254 g/mol. The molecule has 0 spiro atoms. The minimum Gasteiger partial charge on any atom is -0.378 e. The van der Waals surface area contributed by atoms with Crippen molar-refractivity contribution in [2.24, 2.45) is 0 Å². The third kappa shape index (κ3) is 3.44. The van der Waals surface area contributed by atoms with Crippen LogP contribution in [-0.4, -0.2) is 14.0 Å². The second-order valence-corrected chi connectivity index (χ2v) is 6.58. The van der Waals surface area contributed by atoms with Crippen LogP contribution in [0.2, 0.25) is 0 Å². The Balaban J connectivity index is 3.25. The van der Waals surface area contributed by atoms with Gasteiger partial charge in [-0.05, 0) is 45.4 Å². The summed E-state index contributed by atoms with van der Waals surface area (Å²) in [5.74, 6) is 0. The highest BCUT2D eigenvalue weighted by molar-refractivity contribution is 7.89. The standard InChI is InChI=1S/C12H18N2O2S/c1-9-10(13-5)7-6-8-11(9)17(15,16)14-12(2,3)4/h5-8,13-14H,1-4H3. The molecule has 0 saturated heterocycles. The first-order valence-corrected chi connectivity index (χ1v) is 6.76. The maximum absolute atomic E-state index is 12.2. The van der Waals surface area contributed by atoms with Gasteiger partial charge < -0.3 is 5.32 Å². The Morgan fingerprint density at radius 2 is 1.82 bits per heavy atom. The Morgan fingerprint density at radius 1 is 1.24 bits per heavy atom. The molecule has 0 aromatic heterocycles. The molecule has 1 rings (SSSR count). The molecule has 0 heterocycles. The van der Waals surface area contributed by atoms with Crippen molar-refractivity contribution in [1.29, 1.82) is 0 Å². The van der Waals surface area contributed by atoms with Gasteiger partial charge in [0.25, 0.3) is 0 Å². The Kier molecular flexibility index (Phi) is 3.84. The number of hydrogen-bond acceptors (Lipinski definition) is 3. The Labute approximate surface area is 103 Å². The van der Waals surface area contributed by atoms with Crippen LogP contribution in [0.4, 0.5) is 5.69 Å². The van der Waals surface area contributed by atoms with E-state index in [4.69, 9.17) is 7.05 Å². The molecule has 0 saturated carbocycles. The summed E-state index contributed by atoms with van der Waals surface area (Å²) in [6.45, 7) is 7.10. The first-order chi connectivity index (χ1) is 7.67. The zero-order valence-corrected chi connectivity index (χ0v) is 11.4. The third-order valence-corrected chi connectivity index (χ3v) is 4.07. The first kappa shape index (κ1) is 14.0. The van der Waals surface area contributed by atoms with Crippen LogP contribution in [-0.2, 0) is 10.0 Å². The van der Waals surface area contributed by atoms with Crippen molar-refractivity contribution in [1.82, 2.24) is 4.72 Å². The van der Waals surface area contributed by atoms with Crippen LogP contribution in [0.5, 0.6) is 0 Å². The van der Waals surface area contributed by atoms with E-state index in [0.29, 0.717) is 11.3 Å². The molecule has 0 aliphatic carbocycles. The molecule has 0 bridgehead atoms. The molecule has 2 N–H and O–H groups in total. The molecule has 0 unspecified atom stereocenters. The molecule has 1 aromatic carbocycles. The van der Waals surface area contributed by atoms with Crippen LogP contribution in [0, 0.1) is 14.0 Å². The fraction of sp³-hybridized carbons (Fsp3) is 0.417. The number of sulfonamides is 1. The van der Waals surface area contributed by atoms with E-state index in [2.05, 4.69) is 10.0 Å². The Bertz CT molecular complexity index is 502. The van der Waals surface area contributed by atoms with Gasteiger partial charge in [-0.1, -0.05) is 6.07 Å². The Hall–Kier alpha value is -1.07. The highest BCUT2D eigenvalue weighted by Gasteiger charge is 2.24. The van der Waals surface area contributed by atoms with Gasteiger partial charge in [0, 0.05) is 11.2 Å². The van der Waals surface area contributed by atoms with Crippen molar-refractivity contribution in [2.45, 2.75) is 38.1 Å². The lowest BCUT2D eigenvalue weighted by molar-refractivity contribution is 0.491. The molecular weight excluding hydrogens is 236 g/mol. The molecule has 0 atom stereocenters. The average Bonchev–Trinajstić information content (AvgIpc) is 2.14. The fourth-order valence-corrected chi connectivity index (χ4v) is 3.21. The number of rotatable bonds is 3. The van der Waals surface area contributed by atoms with Gasteiger partial charge in [-0.3, -0.25) is 0 Å². The topological polar surface area (TPSA) is 58.2 Å². The predicted molar refractivity (Wildman–Crippen MR) is 69.2 cm³/mol. The van der Waals surface area contributed by atoms with Crippen LogP contribution < -0.4 is 10.0 Å². The second kappa shape index (κ2) is 4.66. The highest BCUT2D eigenvalue weighted by Crippen LogP contribution is 2.23. The summed E-state index contributed by atoms with van der Waals surface area (Å²) in [7, 11) is 1.80. The largest absolute Gasteiger partial charge is 0.378 e. The number of nitrogens with one attached hydrogen (secondary N) is 2. The van der Waals surface area contributed by atoms with Crippen LogP contribution in [0.3, 0.4) is 0 Å². The summed E-state index contributed by atoms with van der Waals surface area (Å²) in [6.07, 6.45) is 0. The molecule has 17 heavy (non-hydrogen) atoms. The summed E-state index contributed by atoms with van der Waals surface area (Å²) in [5, 5.41) is 2.48. The second-order valence-electron chi connectivity index (χ2n) is 4.93. The number of anilines is 1. The molecule has 0 fully saturated rings. The SMILES string of the molecule is [CH]Nc1cccc(S(=O)(=O)NC(C)(C)C)c1C. The zero-order valence-electron chi connectivity index (χ0n) is 10.5. The van der Waals surface area contributed by atoms with E-state index in [1.54, 1.807) is 45.9 Å². The lowest BCUT2D eigenvalue weighted by Crippen LogP contribution is -2.40. The molecule has 94 valence electrons. The van der Waals surface area contributed by atoms with Gasteiger partial charge in [0.05, 0.1) is 11.9 Å². The summed E-state index contributed by atoms with van der Waals surface area (Å²) < 4.78 is 26.9. The normalized spacial score (nSPS) is 12.5. The fourth-order valence-electron chi connectivity index (χ4n) is 1.52. The minimum atomic E-state index is -3.53. The van der Waals surface area contributed by atoms with Crippen LogP contribution >= 0.6 is 0 Å². The van der Waals surface area contributed by atoms with Gasteiger partial charge in [0.2, 0.25) is 10.0 Å². The van der Waals surface area contributed by atoms with E-state index in [-0.39, 0.29) is 4.90 Å². The van der Waals surface area contributed by atoms with Gasteiger partial charge in [-0.25, -0.2) is 13.1 Å². The summed E-state index contributed by atoms with van der Waals surface area (Å²) in [6, 6.07) is 4.94. The Morgan fingerprint density at radius 3 is 2.29 bits per heavy atom. The van der Waals surface area contributed by atoms with Crippen molar-refractivity contribution < 1.29 is 8.42 Å². The maximum atomic E-state index is 12.2. The van der Waals surface area contributed by atoms with Gasteiger partial charge >= 0.3 is 0 Å². The monoisotopic (exact) mass is 254 g/mol. The summed E-state index contributed by atoms with van der Waals surface area (Å²) in [4.78, 5) is 0.239. The molecule has 0 aliphatic rings. The van der Waals surface area contributed by atoms with Crippen LogP contribution in [0.25, 0.3) is 0 Å².